The van der Waals surface area contributed by atoms with Gasteiger partial charge in [-0.25, -0.2) is 9.37 Å². The van der Waals surface area contributed by atoms with Crippen molar-refractivity contribution in [3.8, 4) is 22.6 Å². The Kier molecular flexibility index (Phi) is 5.52. The number of hydrogen-bond donors (Lipinski definition) is 1. The van der Waals surface area contributed by atoms with Gasteiger partial charge in [-0.15, -0.1) is 0 Å². The summed E-state index contributed by atoms with van der Waals surface area (Å²) in [6.45, 7) is 2.65. The minimum Gasteiger partial charge on any atom is -0.493 e. The Hall–Kier alpha value is -3.61. The molecule has 0 saturated carbocycles. The molecule has 154 valence electrons. The van der Waals surface area contributed by atoms with Crippen molar-refractivity contribution in [2.75, 3.05) is 26.1 Å². The number of ether oxygens (including phenoxy) is 2. The number of aromatic nitrogens is 3. The summed E-state index contributed by atoms with van der Waals surface area (Å²) >= 11 is 0. The van der Waals surface area contributed by atoms with Crippen LogP contribution in [0.3, 0.4) is 0 Å². The molecule has 6 nitrogen and oxygen atoms in total. The molecule has 2 aromatic carbocycles. The third kappa shape index (κ3) is 3.91. The summed E-state index contributed by atoms with van der Waals surface area (Å²) in [6, 6.07) is 14.2. The van der Waals surface area contributed by atoms with E-state index in [9.17, 15) is 4.39 Å². The Morgan fingerprint density at radius 1 is 1.00 bits per heavy atom. The Morgan fingerprint density at radius 2 is 1.77 bits per heavy atom. The van der Waals surface area contributed by atoms with Gasteiger partial charge >= 0.3 is 0 Å². The molecule has 30 heavy (non-hydrogen) atoms. The lowest BCUT2D eigenvalue weighted by Gasteiger charge is -2.12. The van der Waals surface area contributed by atoms with Crippen LogP contribution in [0.5, 0.6) is 11.5 Å². The standard InChI is InChI=1S/C23H23FN4O2/c1-15-12-22(25-11-10-16-4-9-20(29-2)21(13-16)30-3)28-23(27-15)19(14-26-28)17-5-7-18(24)8-6-17/h4-9,12-14,25H,10-11H2,1-3H3. The lowest BCUT2D eigenvalue weighted by molar-refractivity contribution is 0.354. The number of fused-ring (bicyclic) bond motifs is 1. The highest BCUT2D eigenvalue weighted by Crippen LogP contribution is 2.28. The van der Waals surface area contributed by atoms with Gasteiger partial charge in [-0.1, -0.05) is 18.2 Å². The van der Waals surface area contributed by atoms with Gasteiger partial charge in [-0.05, 0) is 48.7 Å². The second-order valence-electron chi connectivity index (χ2n) is 6.95. The van der Waals surface area contributed by atoms with Crippen LogP contribution in [0.15, 0.2) is 54.7 Å². The van der Waals surface area contributed by atoms with Crippen molar-refractivity contribution in [2.45, 2.75) is 13.3 Å². The molecule has 0 aliphatic heterocycles. The number of aryl methyl sites for hydroxylation is 1. The first-order valence-corrected chi connectivity index (χ1v) is 9.65. The normalized spacial score (nSPS) is 10.9. The molecule has 2 aromatic heterocycles. The minimum atomic E-state index is -0.267. The second-order valence-corrected chi connectivity index (χ2v) is 6.95. The van der Waals surface area contributed by atoms with Crippen LogP contribution in [0, 0.1) is 12.7 Å². The summed E-state index contributed by atoms with van der Waals surface area (Å²) in [4.78, 5) is 4.64. The average Bonchev–Trinajstić information content (AvgIpc) is 3.18. The predicted octanol–water partition coefficient (Wildman–Crippen LogP) is 4.52. The first-order chi connectivity index (χ1) is 14.6. The topological polar surface area (TPSA) is 60.7 Å². The number of methoxy groups -OCH3 is 2. The molecule has 4 aromatic rings. The Morgan fingerprint density at radius 3 is 2.50 bits per heavy atom. The molecule has 7 heteroatoms. The Bertz CT molecular complexity index is 1170. The quantitative estimate of drug-likeness (QED) is 0.489. The molecule has 0 radical (unpaired) electrons. The van der Waals surface area contributed by atoms with E-state index in [1.165, 1.54) is 12.1 Å². The fourth-order valence-corrected chi connectivity index (χ4v) is 3.41. The third-order valence-electron chi connectivity index (χ3n) is 4.92. The molecular weight excluding hydrogens is 383 g/mol. The highest BCUT2D eigenvalue weighted by Gasteiger charge is 2.12. The van der Waals surface area contributed by atoms with Crippen molar-refractivity contribution in [1.82, 2.24) is 14.6 Å². The molecular formula is C23H23FN4O2. The van der Waals surface area contributed by atoms with Gasteiger partial charge in [0.1, 0.15) is 11.6 Å². The van der Waals surface area contributed by atoms with Crippen molar-refractivity contribution in [1.29, 1.82) is 0 Å². The molecule has 2 heterocycles. The highest BCUT2D eigenvalue weighted by molar-refractivity contribution is 5.78. The van der Waals surface area contributed by atoms with Gasteiger partial charge in [-0.2, -0.15) is 9.61 Å². The van der Waals surface area contributed by atoms with E-state index in [1.54, 1.807) is 37.1 Å². The SMILES string of the molecule is COc1ccc(CCNc2cc(C)nc3c(-c4ccc(F)cc4)cnn23)cc1OC. The van der Waals surface area contributed by atoms with Crippen LogP contribution in [0.25, 0.3) is 16.8 Å². The van der Waals surface area contributed by atoms with Gasteiger partial charge in [0.2, 0.25) is 0 Å². The number of nitrogens with zero attached hydrogens (tertiary/aromatic N) is 3. The van der Waals surface area contributed by atoms with Crippen LogP contribution in [0.1, 0.15) is 11.3 Å². The van der Waals surface area contributed by atoms with Gasteiger partial charge in [0, 0.05) is 23.9 Å². The molecule has 0 unspecified atom stereocenters. The average molecular weight is 406 g/mol. The Labute approximate surface area is 174 Å². The predicted molar refractivity (Wildman–Crippen MR) is 115 cm³/mol. The van der Waals surface area contributed by atoms with Gasteiger partial charge in [-0.3, -0.25) is 0 Å². The molecule has 4 rings (SSSR count). The monoisotopic (exact) mass is 406 g/mol. The van der Waals surface area contributed by atoms with Gasteiger partial charge in [0.05, 0.1) is 20.4 Å². The van der Waals surface area contributed by atoms with Gasteiger partial charge in [0.15, 0.2) is 17.1 Å². The van der Waals surface area contributed by atoms with E-state index in [0.717, 1.165) is 40.3 Å². The molecule has 0 saturated heterocycles. The lowest BCUT2D eigenvalue weighted by Crippen LogP contribution is -2.10. The van der Waals surface area contributed by atoms with Crippen LogP contribution in [-0.2, 0) is 6.42 Å². The van der Waals surface area contributed by atoms with E-state index in [2.05, 4.69) is 15.4 Å². The van der Waals surface area contributed by atoms with Crippen molar-refractivity contribution in [2.24, 2.45) is 0 Å². The zero-order valence-electron chi connectivity index (χ0n) is 17.1. The van der Waals surface area contributed by atoms with Crippen molar-refractivity contribution in [3.63, 3.8) is 0 Å². The van der Waals surface area contributed by atoms with E-state index in [4.69, 9.17) is 9.47 Å². The van der Waals surface area contributed by atoms with Crippen LogP contribution in [-0.4, -0.2) is 35.4 Å². The fourth-order valence-electron chi connectivity index (χ4n) is 3.41. The van der Waals surface area contributed by atoms with E-state index in [-0.39, 0.29) is 5.82 Å². The summed E-state index contributed by atoms with van der Waals surface area (Å²) in [7, 11) is 3.26. The first-order valence-electron chi connectivity index (χ1n) is 9.65. The van der Waals surface area contributed by atoms with Crippen molar-refractivity contribution >= 4 is 11.5 Å². The summed E-state index contributed by atoms with van der Waals surface area (Å²) in [5, 5.41) is 7.94. The molecule has 1 N–H and O–H groups in total. The summed E-state index contributed by atoms with van der Waals surface area (Å²) < 4.78 is 25.7. The smallest absolute Gasteiger partial charge is 0.165 e. The van der Waals surface area contributed by atoms with Crippen LogP contribution >= 0.6 is 0 Å². The molecule has 0 bridgehead atoms. The summed E-state index contributed by atoms with van der Waals surface area (Å²) in [5.41, 5.74) is 4.48. The van der Waals surface area contributed by atoms with Crippen LogP contribution in [0.2, 0.25) is 0 Å². The molecule has 0 aliphatic rings. The third-order valence-corrected chi connectivity index (χ3v) is 4.92. The summed E-state index contributed by atoms with van der Waals surface area (Å²) in [6.07, 6.45) is 2.56. The van der Waals surface area contributed by atoms with Gasteiger partial charge < -0.3 is 14.8 Å². The first kappa shape index (κ1) is 19.7. The second kappa shape index (κ2) is 8.41. The fraction of sp³-hybridized carbons (Fsp3) is 0.217. The number of rotatable bonds is 7. The molecule has 0 aliphatic carbocycles. The molecule has 0 fully saturated rings. The van der Waals surface area contributed by atoms with Crippen molar-refractivity contribution < 1.29 is 13.9 Å². The highest BCUT2D eigenvalue weighted by atomic mass is 19.1. The maximum Gasteiger partial charge on any atom is 0.165 e. The van der Waals surface area contributed by atoms with E-state index in [0.29, 0.717) is 18.0 Å². The van der Waals surface area contributed by atoms with Crippen molar-refractivity contribution in [3.05, 3.63) is 71.8 Å². The zero-order chi connectivity index (χ0) is 21.1. The van der Waals surface area contributed by atoms with Crippen LogP contribution < -0.4 is 14.8 Å². The maximum atomic E-state index is 13.3. The summed E-state index contributed by atoms with van der Waals surface area (Å²) in [5.74, 6) is 2.02. The number of hydrogen-bond acceptors (Lipinski definition) is 5. The van der Waals surface area contributed by atoms with E-state index >= 15 is 0 Å². The number of nitrogens with one attached hydrogen (secondary N) is 1. The van der Waals surface area contributed by atoms with Crippen LogP contribution in [0.4, 0.5) is 10.2 Å². The minimum absolute atomic E-state index is 0.267. The maximum absolute atomic E-state index is 13.3. The lowest BCUT2D eigenvalue weighted by atomic mass is 10.1. The van der Waals surface area contributed by atoms with E-state index < -0.39 is 0 Å². The number of benzene rings is 2. The number of halogens is 1. The van der Waals surface area contributed by atoms with Gasteiger partial charge in [0.25, 0.3) is 0 Å². The number of anilines is 1. The largest absolute Gasteiger partial charge is 0.493 e. The zero-order valence-corrected chi connectivity index (χ0v) is 17.1. The van der Waals surface area contributed by atoms with E-state index in [1.807, 2.05) is 31.2 Å². The molecule has 0 atom stereocenters. The Balaban J connectivity index is 1.55. The molecule has 0 amide bonds. The molecule has 0 spiro atoms.